The van der Waals surface area contributed by atoms with Crippen LogP contribution in [0.4, 0.5) is 0 Å². The molecule has 0 aliphatic rings. The van der Waals surface area contributed by atoms with Gasteiger partial charge in [0.05, 0.1) is 10.6 Å². The van der Waals surface area contributed by atoms with Crippen molar-refractivity contribution in [3.8, 4) is 0 Å². The molecule has 0 aliphatic heterocycles. The van der Waals surface area contributed by atoms with Crippen LogP contribution in [0.15, 0.2) is 64.6 Å². The predicted octanol–water partition coefficient (Wildman–Crippen LogP) is 2.66. The van der Waals surface area contributed by atoms with Crippen molar-refractivity contribution in [2.45, 2.75) is 18.2 Å². The number of nitrogens with one attached hydrogen (secondary N) is 3. The Morgan fingerprint density at radius 1 is 1.07 bits per heavy atom. The van der Waals surface area contributed by atoms with Crippen molar-refractivity contribution in [1.29, 1.82) is 0 Å². The summed E-state index contributed by atoms with van der Waals surface area (Å²) in [5.74, 6) is 0.610. The Bertz CT molecular complexity index is 1060. The largest absolute Gasteiger partial charge is 0.361 e. The number of hydrogen-bond donors (Lipinski definition) is 3. The van der Waals surface area contributed by atoms with E-state index >= 15 is 0 Å². The van der Waals surface area contributed by atoms with Gasteiger partial charge in [-0.25, -0.2) is 8.42 Å². The Balaban J connectivity index is 1.48. The van der Waals surface area contributed by atoms with Crippen LogP contribution in [-0.4, -0.2) is 45.3 Å². The summed E-state index contributed by atoms with van der Waals surface area (Å²) in [5, 5.41) is 7.54. The summed E-state index contributed by atoms with van der Waals surface area (Å²) in [6, 6.07) is 14.9. The number of aliphatic imine (C=N–C) groups is 1. The summed E-state index contributed by atoms with van der Waals surface area (Å²) in [7, 11) is -1.62. The lowest BCUT2D eigenvalue weighted by molar-refractivity contribution is 0.594. The molecule has 1 aromatic heterocycles. The van der Waals surface area contributed by atoms with E-state index in [0.717, 1.165) is 11.9 Å². The maximum Gasteiger partial charge on any atom is 0.191 e. The topological polar surface area (TPSA) is 86.3 Å². The van der Waals surface area contributed by atoms with E-state index < -0.39 is 9.84 Å². The van der Waals surface area contributed by atoms with E-state index in [1.807, 2.05) is 6.20 Å². The molecule has 2 aromatic carbocycles. The highest BCUT2D eigenvalue weighted by Crippen LogP contribution is 2.19. The molecule has 0 amide bonds. The summed E-state index contributed by atoms with van der Waals surface area (Å²) >= 11 is 0. The summed E-state index contributed by atoms with van der Waals surface area (Å²) < 4.78 is 24.6. The minimum Gasteiger partial charge on any atom is -0.361 e. The Labute approximate surface area is 166 Å². The van der Waals surface area contributed by atoms with Crippen LogP contribution in [0.1, 0.15) is 11.1 Å². The molecule has 0 atom stereocenters. The maximum absolute atomic E-state index is 12.3. The molecule has 6 nitrogen and oxygen atoms in total. The van der Waals surface area contributed by atoms with Gasteiger partial charge in [-0.05, 0) is 42.7 Å². The molecule has 0 saturated heterocycles. The minimum absolute atomic E-state index is 0.0134. The second-order valence-electron chi connectivity index (χ2n) is 6.67. The molecule has 3 aromatic rings. The summed E-state index contributed by atoms with van der Waals surface area (Å²) in [6.45, 7) is 3.07. The number of benzene rings is 2. The third-order valence-electron chi connectivity index (χ3n) is 4.60. The fourth-order valence-electron chi connectivity index (χ4n) is 3.09. The second kappa shape index (κ2) is 8.93. The van der Waals surface area contributed by atoms with Gasteiger partial charge in [-0.3, -0.25) is 4.99 Å². The molecule has 148 valence electrons. The van der Waals surface area contributed by atoms with Crippen molar-refractivity contribution in [2.24, 2.45) is 4.99 Å². The smallest absolute Gasteiger partial charge is 0.191 e. The zero-order valence-electron chi connectivity index (χ0n) is 16.2. The fraction of sp³-hybridized carbons (Fsp3) is 0.286. The number of aromatic nitrogens is 1. The van der Waals surface area contributed by atoms with Gasteiger partial charge < -0.3 is 15.6 Å². The molecule has 28 heavy (non-hydrogen) atoms. The van der Waals surface area contributed by atoms with Gasteiger partial charge in [-0.1, -0.05) is 30.3 Å². The zero-order valence-corrected chi connectivity index (χ0v) is 17.0. The molecular weight excluding hydrogens is 372 g/mol. The third-order valence-corrected chi connectivity index (χ3v) is 6.33. The van der Waals surface area contributed by atoms with E-state index in [1.165, 1.54) is 16.5 Å². The van der Waals surface area contributed by atoms with Crippen LogP contribution in [0.2, 0.25) is 0 Å². The number of hydrogen-bond acceptors (Lipinski definition) is 3. The van der Waals surface area contributed by atoms with Gasteiger partial charge in [-0.15, -0.1) is 0 Å². The zero-order chi connectivity index (χ0) is 20.0. The molecule has 3 N–H and O–H groups in total. The molecule has 0 radical (unpaired) electrons. The molecular formula is C21H26N4O2S. The number of aryl methyl sites for hydroxylation is 1. The number of fused-ring (bicyclic) bond motifs is 1. The van der Waals surface area contributed by atoms with E-state index in [0.29, 0.717) is 23.9 Å². The Hall–Kier alpha value is -2.80. The molecule has 0 unspecified atom stereocenters. The second-order valence-corrected chi connectivity index (χ2v) is 8.78. The monoisotopic (exact) mass is 398 g/mol. The Kier molecular flexibility index (Phi) is 6.36. The summed E-state index contributed by atoms with van der Waals surface area (Å²) in [5.41, 5.74) is 3.61. The first-order valence-electron chi connectivity index (χ1n) is 9.28. The lowest BCUT2D eigenvalue weighted by Crippen LogP contribution is -2.40. The van der Waals surface area contributed by atoms with E-state index in [9.17, 15) is 8.42 Å². The fourth-order valence-corrected chi connectivity index (χ4v) is 4.27. The minimum atomic E-state index is -3.30. The lowest BCUT2D eigenvalue weighted by Gasteiger charge is -2.12. The van der Waals surface area contributed by atoms with Gasteiger partial charge >= 0.3 is 0 Å². The molecule has 0 aliphatic carbocycles. The van der Waals surface area contributed by atoms with Crippen molar-refractivity contribution < 1.29 is 8.42 Å². The Morgan fingerprint density at radius 3 is 2.57 bits per heavy atom. The Morgan fingerprint density at radius 2 is 1.82 bits per heavy atom. The maximum atomic E-state index is 12.3. The van der Waals surface area contributed by atoms with Crippen molar-refractivity contribution in [3.05, 3.63) is 65.9 Å². The van der Waals surface area contributed by atoms with E-state index in [1.54, 1.807) is 37.4 Å². The summed E-state index contributed by atoms with van der Waals surface area (Å²) in [6.07, 6.45) is 2.88. The van der Waals surface area contributed by atoms with E-state index in [2.05, 4.69) is 45.7 Å². The quantitative estimate of drug-likeness (QED) is 0.422. The van der Waals surface area contributed by atoms with Crippen LogP contribution >= 0.6 is 0 Å². The van der Waals surface area contributed by atoms with Gasteiger partial charge in [0.15, 0.2) is 15.8 Å². The number of rotatable bonds is 7. The molecule has 0 spiro atoms. The normalized spacial score (nSPS) is 12.3. The van der Waals surface area contributed by atoms with Gasteiger partial charge in [0.25, 0.3) is 0 Å². The van der Waals surface area contributed by atoms with Gasteiger partial charge in [-0.2, -0.15) is 0 Å². The van der Waals surface area contributed by atoms with Crippen LogP contribution in [0.5, 0.6) is 0 Å². The highest BCUT2D eigenvalue weighted by molar-refractivity contribution is 7.91. The van der Waals surface area contributed by atoms with Crippen LogP contribution in [0.3, 0.4) is 0 Å². The highest BCUT2D eigenvalue weighted by atomic mass is 32.2. The number of guanidine groups is 1. The van der Waals surface area contributed by atoms with E-state index in [4.69, 9.17) is 0 Å². The molecule has 1 heterocycles. The predicted molar refractivity (Wildman–Crippen MR) is 115 cm³/mol. The molecule has 3 rings (SSSR count). The van der Waals surface area contributed by atoms with Crippen molar-refractivity contribution in [2.75, 3.05) is 25.9 Å². The number of aromatic amines is 1. The van der Waals surface area contributed by atoms with Crippen LogP contribution in [0, 0.1) is 6.92 Å². The van der Waals surface area contributed by atoms with Gasteiger partial charge in [0, 0.05) is 37.2 Å². The lowest BCUT2D eigenvalue weighted by atomic mass is 10.1. The SMILES string of the molecule is CN=C(NCCc1c[nH]c2cc(C)ccc12)NCCS(=O)(=O)c1ccccc1. The van der Waals surface area contributed by atoms with Crippen molar-refractivity contribution >= 4 is 26.7 Å². The molecule has 7 heteroatoms. The number of H-pyrrole nitrogens is 1. The van der Waals surface area contributed by atoms with Crippen molar-refractivity contribution in [1.82, 2.24) is 15.6 Å². The average molecular weight is 399 g/mol. The first-order chi connectivity index (χ1) is 13.5. The van der Waals surface area contributed by atoms with Gasteiger partial charge in [0.2, 0.25) is 0 Å². The van der Waals surface area contributed by atoms with Gasteiger partial charge in [0.1, 0.15) is 0 Å². The third kappa shape index (κ3) is 4.92. The average Bonchev–Trinajstić information content (AvgIpc) is 3.09. The number of sulfone groups is 1. The standard InChI is InChI=1S/C21H26N4O2S/c1-16-8-9-19-17(15-25-20(19)14-16)10-11-23-21(22-2)24-12-13-28(26,27)18-6-4-3-5-7-18/h3-9,14-15,25H,10-13H2,1-2H3,(H2,22,23,24). The molecule has 0 bridgehead atoms. The highest BCUT2D eigenvalue weighted by Gasteiger charge is 2.13. The van der Waals surface area contributed by atoms with Crippen LogP contribution < -0.4 is 10.6 Å². The first kappa shape index (κ1) is 19.9. The first-order valence-corrected chi connectivity index (χ1v) is 10.9. The molecule has 0 fully saturated rings. The summed E-state index contributed by atoms with van der Waals surface area (Å²) in [4.78, 5) is 7.81. The van der Waals surface area contributed by atoms with Crippen LogP contribution in [0.25, 0.3) is 10.9 Å². The van der Waals surface area contributed by atoms with E-state index in [-0.39, 0.29) is 5.75 Å². The molecule has 0 saturated carbocycles. The van der Waals surface area contributed by atoms with Crippen molar-refractivity contribution in [3.63, 3.8) is 0 Å². The number of nitrogens with zero attached hydrogens (tertiary/aromatic N) is 1. The van der Waals surface area contributed by atoms with Crippen LogP contribution in [-0.2, 0) is 16.3 Å².